The molecule has 0 aliphatic carbocycles. The zero-order valence-corrected chi connectivity index (χ0v) is 27.7. The summed E-state index contributed by atoms with van der Waals surface area (Å²) in [4.78, 5) is 30.2. The second-order valence-corrected chi connectivity index (χ2v) is 12.8. The van der Waals surface area contributed by atoms with E-state index >= 15 is 0 Å². The van der Waals surface area contributed by atoms with Crippen molar-refractivity contribution >= 4 is 50.8 Å². The smallest absolute Gasteiger partial charge is 0.373 e. The van der Waals surface area contributed by atoms with Crippen LogP contribution in [-0.4, -0.2) is 40.6 Å². The van der Waals surface area contributed by atoms with E-state index in [0.717, 1.165) is 17.9 Å². The summed E-state index contributed by atoms with van der Waals surface area (Å²) in [5.41, 5.74) is 7.08. The Morgan fingerprint density at radius 2 is 1.36 bits per heavy atom. The highest BCUT2D eigenvalue weighted by atomic mass is 16.4. The fraction of sp³-hybridized carbons (Fsp3) is 0.244. The monoisotopic (exact) mass is 625 g/mol. The molecule has 0 saturated heterocycles. The van der Waals surface area contributed by atoms with Crippen LogP contribution in [0.2, 0.25) is 0 Å². The van der Waals surface area contributed by atoms with Crippen molar-refractivity contribution < 1.29 is 24.1 Å². The highest BCUT2D eigenvalue weighted by Crippen LogP contribution is 2.50. The van der Waals surface area contributed by atoms with E-state index in [2.05, 4.69) is 153 Å². The van der Waals surface area contributed by atoms with Crippen LogP contribution in [0, 0.1) is 0 Å². The molecule has 2 aliphatic rings. The summed E-state index contributed by atoms with van der Waals surface area (Å²) in [6.45, 7) is 12.7. The maximum Gasteiger partial charge on any atom is 0.373 e. The van der Waals surface area contributed by atoms with Gasteiger partial charge in [0.05, 0.1) is 5.41 Å². The molecule has 0 unspecified atom stereocenters. The van der Waals surface area contributed by atoms with E-state index in [0.29, 0.717) is 6.54 Å². The first-order chi connectivity index (χ1) is 22.6. The average Bonchev–Trinajstić information content (AvgIpc) is 3.41. The van der Waals surface area contributed by atoms with E-state index in [-0.39, 0.29) is 23.4 Å². The molecular formula is C41H41N2O4+. The second-order valence-electron chi connectivity index (χ2n) is 12.8. The van der Waals surface area contributed by atoms with Crippen molar-refractivity contribution in [1.82, 2.24) is 0 Å². The quantitative estimate of drug-likeness (QED) is 0.157. The minimum atomic E-state index is -0.789. The minimum Gasteiger partial charge on any atom is -0.481 e. The molecule has 0 fully saturated rings. The zero-order chi connectivity index (χ0) is 33.8. The van der Waals surface area contributed by atoms with E-state index < -0.39 is 5.97 Å². The number of carboxylic acids is 1. The van der Waals surface area contributed by atoms with Crippen LogP contribution < -0.4 is 4.90 Å². The van der Waals surface area contributed by atoms with Gasteiger partial charge in [-0.25, -0.2) is 0 Å². The summed E-state index contributed by atoms with van der Waals surface area (Å²) in [5.74, 6) is -0.789. The first-order valence-corrected chi connectivity index (χ1v) is 16.0. The predicted molar refractivity (Wildman–Crippen MR) is 190 cm³/mol. The fourth-order valence-electron chi connectivity index (χ4n) is 7.35. The largest absolute Gasteiger partial charge is 0.481 e. The number of nitrogens with zero attached hydrogens (tertiary/aromatic N) is 2. The molecule has 2 heterocycles. The van der Waals surface area contributed by atoms with Gasteiger partial charge in [0.25, 0.3) is 0 Å². The van der Waals surface area contributed by atoms with Crippen molar-refractivity contribution in [3.05, 3.63) is 132 Å². The number of hydrogen-bond donors (Lipinski definition) is 1. The third-order valence-corrected chi connectivity index (χ3v) is 9.33. The number of benzene rings is 4. The maximum absolute atomic E-state index is 11.5. The molecular weight excluding hydrogens is 584 g/mol. The van der Waals surface area contributed by atoms with Crippen LogP contribution >= 0.6 is 0 Å². The zero-order valence-electron chi connectivity index (χ0n) is 27.7. The Hall–Kier alpha value is -5.32. The van der Waals surface area contributed by atoms with Gasteiger partial charge < -0.3 is 10.0 Å². The molecule has 0 atom stereocenters. The van der Waals surface area contributed by atoms with Crippen LogP contribution in [0.25, 0.3) is 21.5 Å². The Morgan fingerprint density at radius 3 is 2.00 bits per heavy atom. The van der Waals surface area contributed by atoms with Gasteiger partial charge in [-0.05, 0) is 66.1 Å². The molecule has 6 heteroatoms. The second kappa shape index (κ2) is 13.6. The van der Waals surface area contributed by atoms with E-state index in [1.807, 2.05) is 6.08 Å². The van der Waals surface area contributed by atoms with Gasteiger partial charge in [-0.3, -0.25) is 4.79 Å². The van der Waals surface area contributed by atoms with Crippen molar-refractivity contribution in [2.24, 2.45) is 0 Å². The summed E-state index contributed by atoms with van der Waals surface area (Å²) in [5, 5.41) is 14.5. The van der Waals surface area contributed by atoms with E-state index in [1.54, 1.807) is 0 Å². The molecule has 0 bridgehead atoms. The van der Waals surface area contributed by atoms with E-state index in [4.69, 9.17) is 9.59 Å². The van der Waals surface area contributed by atoms with Gasteiger partial charge in [0, 0.05) is 41.1 Å². The Bertz CT molecular complexity index is 2040. The van der Waals surface area contributed by atoms with E-state index in [9.17, 15) is 9.90 Å². The number of hydrogen-bond acceptors (Lipinski definition) is 4. The molecule has 4 aromatic carbocycles. The molecule has 6 nitrogen and oxygen atoms in total. The van der Waals surface area contributed by atoms with Gasteiger partial charge >= 0.3 is 12.1 Å². The molecule has 0 saturated carbocycles. The Morgan fingerprint density at radius 1 is 0.787 bits per heavy atom. The molecule has 0 amide bonds. The summed E-state index contributed by atoms with van der Waals surface area (Å²) in [6.07, 6.45) is 15.1. The number of fused-ring (bicyclic) bond motifs is 6. The van der Waals surface area contributed by atoms with Crippen molar-refractivity contribution in [2.45, 2.75) is 51.9 Å². The summed E-state index contributed by atoms with van der Waals surface area (Å²) in [6, 6.07) is 25.9. The van der Waals surface area contributed by atoms with Gasteiger partial charge in [-0.1, -0.05) is 98.8 Å². The average molecular weight is 626 g/mol. The first kappa shape index (κ1) is 33.1. The Labute approximate surface area is 276 Å². The third kappa shape index (κ3) is 6.13. The highest BCUT2D eigenvalue weighted by Gasteiger charge is 2.45. The van der Waals surface area contributed by atoms with Crippen LogP contribution in [-0.2, 0) is 25.2 Å². The minimum absolute atomic E-state index is 0.0811. The lowest BCUT2D eigenvalue weighted by Crippen LogP contribution is -2.28. The summed E-state index contributed by atoms with van der Waals surface area (Å²) in [7, 11) is 0. The Balaban J connectivity index is 0.00000139. The first-order valence-electron chi connectivity index (χ1n) is 16.0. The van der Waals surface area contributed by atoms with Gasteiger partial charge in [0.1, 0.15) is 6.42 Å². The van der Waals surface area contributed by atoms with Crippen LogP contribution in [0.3, 0.4) is 0 Å². The number of carboxylic acid groups (broad SMARTS) is 1. The number of carbonyl (C=O) groups excluding carboxylic acids is 2. The lowest BCUT2D eigenvalue weighted by Gasteiger charge is -2.26. The van der Waals surface area contributed by atoms with Crippen molar-refractivity contribution in [1.29, 1.82) is 0 Å². The molecule has 0 spiro atoms. The van der Waals surface area contributed by atoms with Crippen LogP contribution in [0.4, 0.5) is 11.4 Å². The predicted octanol–water partition coefficient (Wildman–Crippen LogP) is 8.63. The number of rotatable bonds is 8. The van der Waals surface area contributed by atoms with Crippen LogP contribution in [0.15, 0.2) is 121 Å². The van der Waals surface area contributed by atoms with Gasteiger partial charge in [-0.2, -0.15) is 14.2 Å². The normalized spacial score (nSPS) is 17.1. The molecule has 6 rings (SSSR count). The lowest BCUT2D eigenvalue weighted by molar-refractivity contribution is -0.436. The number of aliphatic carboxylic acids is 1. The molecule has 1 N–H and O–H groups in total. The molecule has 47 heavy (non-hydrogen) atoms. The topological polar surface area (TPSA) is 77.7 Å². The highest BCUT2D eigenvalue weighted by molar-refractivity contribution is 6.07. The lowest BCUT2D eigenvalue weighted by atomic mass is 9.79. The van der Waals surface area contributed by atoms with Gasteiger partial charge in [0.2, 0.25) is 5.69 Å². The summed E-state index contributed by atoms with van der Waals surface area (Å²) < 4.78 is 2.18. The van der Waals surface area contributed by atoms with E-state index in [1.165, 1.54) is 44.1 Å². The SMILES string of the molecule is CCN1/C(=C/C=C/C=C/C=C/C2=[N+](CCC(=O)O)c3ccc4ccccc4c3C2(C)C)C(C)(C)c2c1ccc1ccccc21.O=C=O. The van der Waals surface area contributed by atoms with Crippen LogP contribution in [0.1, 0.15) is 52.2 Å². The number of carbonyl (C=O) groups is 1. The number of anilines is 1. The molecule has 0 aromatic heterocycles. The standard InChI is InChI=1S/C40H40N2O2.CO2/c1-6-41-32-24-22-28-16-12-14-18-30(28)37(32)39(2,3)34(41)20-10-8-7-9-11-21-35-40(4,5)38-31-19-15-13-17-29(31)23-25-33(38)42(35)27-26-36(43)44;2-1-3/h7-25H,6,26-27H2,1-5H3;/p+1. The Kier molecular flexibility index (Phi) is 9.55. The molecule has 4 aromatic rings. The van der Waals surface area contributed by atoms with Crippen molar-refractivity contribution in [2.75, 3.05) is 18.0 Å². The van der Waals surface area contributed by atoms with Gasteiger partial charge in [-0.15, -0.1) is 0 Å². The maximum atomic E-state index is 11.5. The molecule has 238 valence electrons. The number of allylic oxidation sites excluding steroid dienone is 8. The van der Waals surface area contributed by atoms with Crippen LogP contribution in [0.5, 0.6) is 0 Å². The fourth-order valence-corrected chi connectivity index (χ4v) is 7.35. The van der Waals surface area contributed by atoms with Gasteiger partial charge in [0.15, 0.2) is 12.3 Å². The summed E-state index contributed by atoms with van der Waals surface area (Å²) >= 11 is 0. The molecule has 2 aliphatic heterocycles. The third-order valence-electron chi connectivity index (χ3n) is 9.33. The molecule has 0 radical (unpaired) electrons. The van der Waals surface area contributed by atoms with Crippen molar-refractivity contribution in [3.8, 4) is 0 Å². The van der Waals surface area contributed by atoms with Crippen molar-refractivity contribution in [3.63, 3.8) is 0 Å². The number of likely N-dealkylation sites (N-methyl/N-ethyl adjacent to an activating group) is 1.